The van der Waals surface area contributed by atoms with Gasteiger partial charge in [0.1, 0.15) is 0 Å². The molecular weight excluding hydrogens is 244 g/mol. The largest absolute Gasteiger partial charge is 0.289 e. The number of halogens is 1. The Bertz CT molecular complexity index is 587. The summed E-state index contributed by atoms with van der Waals surface area (Å²) in [6, 6.07) is 13.1. The number of ketones is 1. The molecule has 0 aliphatic heterocycles. The van der Waals surface area contributed by atoms with Crippen molar-refractivity contribution in [3.05, 3.63) is 69.7 Å². The highest BCUT2D eigenvalue weighted by Crippen LogP contribution is 2.22. The van der Waals surface area contributed by atoms with Crippen LogP contribution in [0.1, 0.15) is 34.0 Å². The Morgan fingerprint density at radius 3 is 2.50 bits per heavy atom. The van der Waals surface area contributed by atoms with E-state index in [-0.39, 0.29) is 5.78 Å². The maximum absolute atomic E-state index is 12.5. The molecule has 1 nitrogen and oxygen atoms in total. The third kappa shape index (κ3) is 2.46. The minimum Gasteiger partial charge on any atom is -0.289 e. The fourth-order valence-electron chi connectivity index (χ4n) is 2.03. The van der Waals surface area contributed by atoms with Crippen LogP contribution in [-0.2, 0) is 6.42 Å². The second-order valence-corrected chi connectivity index (χ2v) is 4.73. The smallest absolute Gasteiger partial charge is 0.194 e. The fourth-order valence-corrected chi connectivity index (χ4v) is 2.25. The van der Waals surface area contributed by atoms with Gasteiger partial charge in [-0.1, -0.05) is 54.4 Å². The average molecular weight is 259 g/mol. The van der Waals surface area contributed by atoms with E-state index in [1.807, 2.05) is 31.2 Å². The molecule has 0 bridgehead atoms. The highest BCUT2D eigenvalue weighted by Gasteiger charge is 2.15. The van der Waals surface area contributed by atoms with Crippen molar-refractivity contribution < 1.29 is 4.79 Å². The van der Waals surface area contributed by atoms with Gasteiger partial charge in [0.05, 0.1) is 5.02 Å². The third-order valence-electron chi connectivity index (χ3n) is 3.00. The number of hydrogen-bond donors (Lipinski definition) is 0. The molecule has 0 heterocycles. The maximum atomic E-state index is 12.5. The Balaban J connectivity index is 2.50. The summed E-state index contributed by atoms with van der Waals surface area (Å²) in [6.07, 6.45) is 0.840. The predicted octanol–water partition coefficient (Wildman–Crippen LogP) is 4.44. The van der Waals surface area contributed by atoms with Crippen LogP contribution in [0.5, 0.6) is 0 Å². The Hall–Kier alpha value is -1.60. The molecule has 18 heavy (non-hydrogen) atoms. The monoisotopic (exact) mass is 258 g/mol. The molecule has 2 rings (SSSR count). The number of carbonyl (C=O) groups excluding carboxylic acids is 1. The Kier molecular flexibility index (Phi) is 3.83. The lowest BCUT2D eigenvalue weighted by molar-refractivity contribution is 0.103. The minimum atomic E-state index is -0.00236. The Labute approximate surface area is 112 Å². The molecule has 0 spiro atoms. The van der Waals surface area contributed by atoms with Crippen molar-refractivity contribution >= 4 is 17.4 Å². The van der Waals surface area contributed by atoms with Gasteiger partial charge in [0.15, 0.2) is 5.78 Å². The molecular formula is C16H15ClO. The van der Waals surface area contributed by atoms with E-state index in [1.165, 1.54) is 5.56 Å². The van der Waals surface area contributed by atoms with E-state index in [9.17, 15) is 4.79 Å². The molecule has 0 aliphatic carbocycles. The molecule has 0 saturated heterocycles. The summed E-state index contributed by atoms with van der Waals surface area (Å²) in [5.41, 5.74) is 3.55. The van der Waals surface area contributed by atoms with E-state index in [2.05, 4.69) is 13.0 Å². The van der Waals surface area contributed by atoms with E-state index in [4.69, 9.17) is 11.6 Å². The summed E-state index contributed by atoms with van der Waals surface area (Å²) < 4.78 is 0. The van der Waals surface area contributed by atoms with Gasteiger partial charge in [-0.3, -0.25) is 4.79 Å². The standard InChI is InChI=1S/C16H15ClO/c1-3-12-10-11(2)8-9-13(12)16(18)14-6-4-5-7-15(14)17/h4-10H,3H2,1-2H3. The Morgan fingerprint density at radius 2 is 1.83 bits per heavy atom. The zero-order valence-corrected chi connectivity index (χ0v) is 11.3. The average Bonchev–Trinajstić information content (AvgIpc) is 2.38. The van der Waals surface area contributed by atoms with E-state index in [0.29, 0.717) is 10.6 Å². The molecule has 0 aliphatic rings. The first-order chi connectivity index (χ1) is 8.63. The molecule has 0 aromatic heterocycles. The second kappa shape index (κ2) is 5.36. The topological polar surface area (TPSA) is 17.1 Å². The van der Waals surface area contributed by atoms with Gasteiger partial charge in [0.2, 0.25) is 0 Å². The quantitative estimate of drug-likeness (QED) is 0.744. The van der Waals surface area contributed by atoms with E-state index >= 15 is 0 Å². The first kappa shape index (κ1) is 12.8. The van der Waals surface area contributed by atoms with Crippen LogP contribution in [-0.4, -0.2) is 5.78 Å². The van der Waals surface area contributed by atoms with Crippen molar-refractivity contribution in [2.24, 2.45) is 0 Å². The number of benzene rings is 2. The van der Waals surface area contributed by atoms with Crippen LogP contribution in [0.3, 0.4) is 0 Å². The van der Waals surface area contributed by atoms with Crippen LogP contribution in [0, 0.1) is 6.92 Å². The molecule has 0 N–H and O–H groups in total. The van der Waals surface area contributed by atoms with E-state index in [1.54, 1.807) is 12.1 Å². The van der Waals surface area contributed by atoms with Crippen molar-refractivity contribution in [2.45, 2.75) is 20.3 Å². The normalized spacial score (nSPS) is 10.4. The lowest BCUT2D eigenvalue weighted by atomic mass is 9.95. The van der Waals surface area contributed by atoms with Crippen LogP contribution >= 0.6 is 11.6 Å². The van der Waals surface area contributed by atoms with Crippen molar-refractivity contribution in [3.63, 3.8) is 0 Å². The van der Waals surface area contributed by atoms with Gasteiger partial charge < -0.3 is 0 Å². The van der Waals surface area contributed by atoms with Crippen LogP contribution in [0.25, 0.3) is 0 Å². The summed E-state index contributed by atoms with van der Waals surface area (Å²) in [4.78, 5) is 12.5. The van der Waals surface area contributed by atoms with Gasteiger partial charge in [-0.25, -0.2) is 0 Å². The number of hydrogen-bond acceptors (Lipinski definition) is 1. The van der Waals surface area contributed by atoms with E-state index < -0.39 is 0 Å². The molecule has 0 fully saturated rings. The number of rotatable bonds is 3. The van der Waals surface area contributed by atoms with E-state index in [0.717, 1.165) is 17.5 Å². The lowest BCUT2D eigenvalue weighted by Crippen LogP contribution is -2.06. The maximum Gasteiger partial charge on any atom is 0.194 e. The first-order valence-electron chi connectivity index (χ1n) is 6.02. The molecule has 2 aromatic rings. The second-order valence-electron chi connectivity index (χ2n) is 4.32. The molecule has 0 saturated carbocycles. The van der Waals surface area contributed by atoms with Crippen LogP contribution < -0.4 is 0 Å². The highest BCUT2D eigenvalue weighted by atomic mass is 35.5. The van der Waals surface area contributed by atoms with Crippen LogP contribution in [0.2, 0.25) is 5.02 Å². The van der Waals surface area contributed by atoms with Gasteiger partial charge >= 0.3 is 0 Å². The van der Waals surface area contributed by atoms with Gasteiger partial charge in [-0.05, 0) is 31.0 Å². The molecule has 92 valence electrons. The molecule has 0 radical (unpaired) electrons. The predicted molar refractivity (Wildman–Crippen MR) is 75.4 cm³/mol. The zero-order chi connectivity index (χ0) is 13.1. The summed E-state index contributed by atoms with van der Waals surface area (Å²) in [5, 5.41) is 0.505. The van der Waals surface area contributed by atoms with Crippen molar-refractivity contribution in [3.8, 4) is 0 Å². The van der Waals surface area contributed by atoms with Crippen LogP contribution in [0.15, 0.2) is 42.5 Å². The first-order valence-corrected chi connectivity index (χ1v) is 6.40. The lowest BCUT2D eigenvalue weighted by Gasteiger charge is -2.09. The number of aryl methyl sites for hydroxylation is 2. The molecule has 0 unspecified atom stereocenters. The third-order valence-corrected chi connectivity index (χ3v) is 3.33. The van der Waals surface area contributed by atoms with Crippen molar-refractivity contribution in [1.82, 2.24) is 0 Å². The molecule has 0 amide bonds. The van der Waals surface area contributed by atoms with Gasteiger partial charge in [0.25, 0.3) is 0 Å². The molecule has 0 atom stereocenters. The molecule has 2 aromatic carbocycles. The van der Waals surface area contributed by atoms with Crippen LogP contribution in [0.4, 0.5) is 0 Å². The van der Waals surface area contributed by atoms with Crippen molar-refractivity contribution in [2.75, 3.05) is 0 Å². The molecule has 2 heteroatoms. The summed E-state index contributed by atoms with van der Waals surface area (Å²) >= 11 is 6.07. The number of carbonyl (C=O) groups is 1. The van der Waals surface area contributed by atoms with Gasteiger partial charge in [-0.2, -0.15) is 0 Å². The Morgan fingerprint density at radius 1 is 1.11 bits per heavy atom. The van der Waals surface area contributed by atoms with Crippen molar-refractivity contribution in [1.29, 1.82) is 0 Å². The SMILES string of the molecule is CCc1cc(C)ccc1C(=O)c1ccccc1Cl. The summed E-state index contributed by atoms with van der Waals surface area (Å²) in [6.45, 7) is 4.08. The zero-order valence-electron chi connectivity index (χ0n) is 10.5. The fraction of sp³-hybridized carbons (Fsp3) is 0.188. The summed E-state index contributed by atoms with van der Waals surface area (Å²) in [7, 11) is 0. The summed E-state index contributed by atoms with van der Waals surface area (Å²) in [5.74, 6) is -0.00236. The van der Waals surface area contributed by atoms with Gasteiger partial charge in [0, 0.05) is 11.1 Å². The minimum absolute atomic E-state index is 0.00236. The van der Waals surface area contributed by atoms with Gasteiger partial charge in [-0.15, -0.1) is 0 Å². The highest BCUT2D eigenvalue weighted by molar-refractivity contribution is 6.35.